The minimum atomic E-state index is -1.30. The summed E-state index contributed by atoms with van der Waals surface area (Å²) in [7, 11) is 0. The number of nitrogens with one attached hydrogen (secondary N) is 3. The van der Waals surface area contributed by atoms with E-state index in [2.05, 4.69) is 16.0 Å². The molecular weight excluding hydrogens is 474 g/mol. The Bertz CT molecular complexity index is 1350. The second-order valence-electron chi connectivity index (χ2n) is 9.23. The fraction of sp³-hybridized carbons (Fsp3) is 0.357. The standard InChI is InChI=1S/C28H31N3O6/c1-3-36-26(34)21(16-19-7-5-4-6-8-19)30-27(35)28(11-13-29-14-12-28)31-25(33)24-17-22(32)20-15-18(2)9-10-23(20)37-24/h4-10,15,17,21,29H,3,11-14,16H2,1-2H3,(H,30,35)(H,31,33). The van der Waals surface area contributed by atoms with Crippen molar-refractivity contribution in [3.8, 4) is 0 Å². The summed E-state index contributed by atoms with van der Waals surface area (Å²) in [5.74, 6) is -1.90. The van der Waals surface area contributed by atoms with Gasteiger partial charge in [0.25, 0.3) is 5.91 Å². The molecule has 194 valence electrons. The van der Waals surface area contributed by atoms with E-state index in [1.807, 2.05) is 37.3 Å². The molecule has 2 heterocycles. The van der Waals surface area contributed by atoms with E-state index in [4.69, 9.17) is 9.15 Å². The van der Waals surface area contributed by atoms with Crippen LogP contribution in [0.2, 0.25) is 0 Å². The summed E-state index contributed by atoms with van der Waals surface area (Å²) in [6.45, 7) is 4.70. The number of aryl methyl sites for hydroxylation is 1. The molecule has 1 unspecified atom stereocenters. The minimum absolute atomic E-state index is 0.173. The highest BCUT2D eigenvalue weighted by atomic mass is 16.5. The van der Waals surface area contributed by atoms with Crippen molar-refractivity contribution in [1.29, 1.82) is 0 Å². The van der Waals surface area contributed by atoms with Crippen LogP contribution in [0.4, 0.5) is 0 Å². The highest BCUT2D eigenvalue weighted by Crippen LogP contribution is 2.22. The number of amides is 2. The molecule has 0 aliphatic carbocycles. The number of hydrogen-bond donors (Lipinski definition) is 3. The number of esters is 1. The largest absolute Gasteiger partial charge is 0.464 e. The topological polar surface area (TPSA) is 127 Å². The van der Waals surface area contributed by atoms with Crippen molar-refractivity contribution in [1.82, 2.24) is 16.0 Å². The van der Waals surface area contributed by atoms with Crippen LogP contribution in [0, 0.1) is 6.92 Å². The molecule has 2 aromatic carbocycles. The van der Waals surface area contributed by atoms with Crippen molar-refractivity contribution in [2.45, 2.75) is 44.7 Å². The van der Waals surface area contributed by atoms with Crippen molar-refractivity contribution >= 4 is 28.8 Å². The van der Waals surface area contributed by atoms with Crippen LogP contribution in [0.15, 0.2) is 63.8 Å². The first-order valence-corrected chi connectivity index (χ1v) is 12.4. The number of hydrogen-bond acceptors (Lipinski definition) is 7. The van der Waals surface area contributed by atoms with Crippen molar-refractivity contribution < 1.29 is 23.5 Å². The lowest BCUT2D eigenvalue weighted by Gasteiger charge is -2.37. The maximum atomic E-state index is 13.7. The lowest BCUT2D eigenvalue weighted by Crippen LogP contribution is -2.64. The van der Waals surface area contributed by atoms with Gasteiger partial charge in [0.2, 0.25) is 5.91 Å². The molecule has 0 saturated carbocycles. The van der Waals surface area contributed by atoms with E-state index < -0.39 is 29.4 Å². The van der Waals surface area contributed by atoms with Gasteiger partial charge in [-0.15, -0.1) is 0 Å². The molecule has 1 fully saturated rings. The van der Waals surface area contributed by atoms with Crippen LogP contribution in [0.5, 0.6) is 0 Å². The molecule has 3 aromatic rings. The fourth-order valence-corrected chi connectivity index (χ4v) is 4.51. The number of carbonyl (C=O) groups excluding carboxylic acids is 3. The normalized spacial score (nSPS) is 15.5. The maximum Gasteiger partial charge on any atom is 0.328 e. The third-order valence-corrected chi connectivity index (χ3v) is 6.51. The Morgan fingerprint density at radius 1 is 1.08 bits per heavy atom. The quantitative estimate of drug-likeness (QED) is 0.401. The molecule has 9 heteroatoms. The summed E-state index contributed by atoms with van der Waals surface area (Å²) in [5.41, 5.74) is 0.401. The number of piperidine rings is 1. The van der Waals surface area contributed by atoms with Crippen LogP contribution in [0.3, 0.4) is 0 Å². The van der Waals surface area contributed by atoms with Gasteiger partial charge in [0.05, 0.1) is 12.0 Å². The average Bonchev–Trinajstić information content (AvgIpc) is 2.89. The summed E-state index contributed by atoms with van der Waals surface area (Å²) < 4.78 is 10.9. The SMILES string of the molecule is CCOC(=O)C(Cc1ccccc1)NC(=O)C1(NC(=O)c2cc(=O)c3cc(C)ccc3o2)CCNCC1. The summed E-state index contributed by atoms with van der Waals surface area (Å²) in [4.78, 5) is 52.3. The van der Waals surface area contributed by atoms with Crippen LogP contribution < -0.4 is 21.4 Å². The van der Waals surface area contributed by atoms with E-state index in [-0.39, 0.29) is 29.8 Å². The number of carbonyl (C=O) groups is 3. The fourth-order valence-electron chi connectivity index (χ4n) is 4.51. The first-order chi connectivity index (χ1) is 17.8. The van der Waals surface area contributed by atoms with Gasteiger partial charge in [0, 0.05) is 12.5 Å². The number of fused-ring (bicyclic) bond motifs is 1. The van der Waals surface area contributed by atoms with Crippen LogP contribution >= 0.6 is 0 Å². The van der Waals surface area contributed by atoms with Crippen molar-refractivity contribution in [3.05, 3.63) is 81.7 Å². The zero-order chi connectivity index (χ0) is 26.4. The predicted octanol–water partition coefficient (Wildman–Crippen LogP) is 2.24. The first-order valence-electron chi connectivity index (χ1n) is 12.4. The third-order valence-electron chi connectivity index (χ3n) is 6.51. The van der Waals surface area contributed by atoms with Gasteiger partial charge < -0.3 is 25.1 Å². The third kappa shape index (κ3) is 6.06. The Morgan fingerprint density at radius 2 is 1.81 bits per heavy atom. The van der Waals surface area contributed by atoms with Crippen LogP contribution in [0.1, 0.15) is 41.4 Å². The molecule has 2 amide bonds. The molecule has 1 aliphatic rings. The molecule has 0 radical (unpaired) electrons. The molecule has 3 N–H and O–H groups in total. The average molecular weight is 506 g/mol. The molecule has 0 bridgehead atoms. The second-order valence-corrected chi connectivity index (χ2v) is 9.23. The Kier molecular flexibility index (Phi) is 8.03. The van der Waals surface area contributed by atoms with E-state index in [1.54, 1.807) is 25.1 Å². The summed E-state index contributed by atoms with van der Waals surface area (Å²) >= 11 is 0. The van der Waals surface area contributed by atoms with Gasteiger partial charge in [-0.1, -0.05) is 42.0 Å². The van der Waals surface area contributed by atoms with Gasteiger partial charge in [0.1, 0.15) is 17.2 Å². The summed E-state index contributed by atoms with van der Waals surface area (Å²) in [6.07, 6.45) is 0.831. The van der Waals surface area contributed by atoms with E-state index in [1.165, 1.54) is 0 Å². The van der Waals surface area contributed by atoms with Gasteiger partial charge in [-0.2, -0.15) is 0 Å². The molecular formula is C28H31N3O6. The van der Waals surface area contributed by atoms with E-state index >= 15 is 0 Å². The van der Waals surface area contributed by atoms with Gasteiger partial charge in [-0.25, -0.2) is 4.79 Å². The van der Waals surface area contributed by atoms with Crippen molar-refractivity contribution in [2.24, 2.45) is 0 Å². The Hall–Kier alpha value is -3.98. The molecule has 4 rings (SSSR count). The van der Waals surface area contributed by atoms with E-state index in [0.29, 0.717) is 31.3 Å². The summed E-state index contributed by atoms with van der Waals surface area (Å²) in [5, 5.41) is 9.20. The van der Waals surface area contributed by atoms with Crippen LogP contribution in [-0.2, 0) is 20.7 Å². The molecule has 9 nitrogen and oxygen atoms in total. The molecule has 37 heavy (non-hydrogen) atoms. The zero-order valence-electron chi connectivity index (χ0n) is 21.0. The molecule has 0 spiro atoms. The van der Waals surface area contributed by atoms with Gasteiger partial charge in [-0.3, -0.25) is 14.4 Å². The predicted molar refractivity (Wildman–Crippen MR) is 138 cm³/mol. The monoisotopic (exact) mass is 505 g/mol. The second kappa shape index (κ2) is 11.4. The number of rotatable bonds is 8. The number of ether oxygens (including phenoxy) is 1. The Morgan fingerprint density at radius 3 is 2.51 bits per heavy atom. The van der Waals surface area contributed by atoms with Crippen LogP contribution in [0.25, 0.3) is 11.0 Å². The Labute approximate surface area is 214 Å². The first kappa shape index (κ1) is 26.1. The highest BCUT2D eigenvalue weighted by molar-refractivity contribution is 5.99. The van der Waals surface area contributed by atoms with Gasteiger partial charge >= 0.3 is 5.97 Å². The molecule has 1 atom stereocenters. The maximum absolute atomic E-state index is 13.7. The van der Waals surface area contributed by atoms with Crippen molar-refractivity contribution in [3.63, 3.8) is 0 Å². The van der Waals surface area contributed by atoms with Gasteiger partial charge in [0.15, 0.2) is 11.2 Å². The van der Waals surface area contributed by atoms with Crippen LogP contribution in [-0.4, -0.2) is 49.1 Å². The number of benzene rings is 2. The smallest absolute Gasteiger partial charge is 0.328 e. The highest BCUT2D eigenvalue weighted by Gasteiger charge is 2.43. The zero-order valence-corrected chi connectivity index (χ0v) is 21.0. The lowest BCUT2D eigenvalue weighted by atomic mass is 9.86. The Balaban J connectivity index is 1.59. The molecule has 1 aliphatic heterocycles. The van der Waals surface area contributed by atoms with E-state index in [9.17, 15) is 19.2 Å². The lowest BCUT2D eigenvalue weighted by molar-refractivity contribution is -0.148. The molecule has 1 aromatic heterocycles. The summed E-state index contributed by atoms with van der Waals surface area (Å²) in [6, 6.07) is 14.6. The van der Waals surface area contributed by atoms with Gasteiger partial charge in [-0.05, 0) is 57.5 Å². The van der Waals surface area contributed by atoms with E-state index in [0.717, 1.165) is 17.2 Å². The van der Waals surface area contributed by atoms with Crippen molar-refractivity contribution in [2.75, 3.05) is 19.7 Å². The minimum Gasteiger partial charge on any atom is -0.464 e. The molecule has 1 saturated heterocycles.